The highest BCUT2D eigenvalue weighted by atomic mass is 15.2. The van der Waals surface area contributed by atoms with Gasteiger partial charge in [-0.05, 0) is 48.0 Å². The van der Waals surface area contributed by atoms with Gasteiger partial charge < -0.3 is 15.5 Å². The van der Waals surface area contributed by atoms with Gasteiger partial charge in [0.05, 0.1) is 5.52 Å². The van der Waals surface area contributed by atoms with Crippen molar-refractivity contribution in [1.29, 1.82) is 0 Å². The topological polar surface area (TPSA) is 78.9 Å². The van der Waals surface area contributed by atoms with Crippen LogP contribution >= 0.6 is 0 Å². The molecule has 144 valence electrons. The molecule has 0 atom stereocenters. The fraction of sp³-hybridized carbons (Fsp3) is 0.182. The van der Waals surface area contributed by atoms with Crippen LogP contribution in [0.1, 0.15) is 0 Å². The first-order chi connectivity index (χ1) is 14.3. The molecular formula is C22H21N7. The Morgan fingerprint density at radius 3 is 2.52 bits per heavy atom. The van der Waals surface area contributed by atoms with Crippen molar-refractivity contribution < 1.29 is 0 Å². The number of anilines is 3. The Morgan fingerprint density at radius 1 is 0.862 bits per heavy atom. The number of nitrogens with one attached hydrogen (secondary N) is 2. The van der Waals surface area contributed by atoms with Gasteiger partial charge in [-0.15, -0.1) is 10.2 Å². The molecule has 7 nitrogen and oxygen atoms in total. The van der Waals surface area contributed by atoms with Crippen molar-refractivity contribution in [3.63, 3.8) is 0 Å². The Kier molecular flexibility index (Phi) is 4.72. The summed E-state index contributed by atoms with van der Waals surface area (Å²) >= 11 is 0. The molecule has 0 radical (unpaired) electrons. The fourth-order valence-electron chi connectivity index (χ4n) is 3.51. The van der Waals surface area contributed by atoms with Crippen LogP contribution < -0.4 is 15.5 Å². The third-order valence-electron chi connectivity index (χ3n) is 5.05. The van der Waals surface area contributed by atoms with E-state index in [0.29, 0.717) is 5.95 Å². The van der Waals surface area contributed by atoms with Crippen LogP contribution in [0.15, 0.2) is 67.0 Å². The van der Waals surface area contributed by atoms with Crippen LogP contribution in [0.25, 0.3) is 22.2 Å². The van der Waals surface area contributed by atoms with Gasteiger partial charge in [-0.2, -0.15) is 0 Å². The van der Waals surface area contributed by atoms with Gasteiger partial charge in [-0.1, -0.05) is 12.1 Å². The first-order valence-corrected chi connectivity index (χ1v) is 9.73. The second-order valence-electron chi connectivity index (χ2n) is 6.99. The molecule has 1 aliphatic heterocycles. The third kappa shape index (κ3) is 3.86. The number of hydrogen-bond acceptors (Lipinski definition) is 7. The van der Waals surface area contributed by atoms with Crippen LogP contribution in [0.4, 0.5) is 17.3 Å². The van der Waals surface area contributed by atoms with Crippen LogP contribution in [0.3, 0.4) is 0 Å². The summed E-state index contributed by atoms with van der Waals surface area (Å²) in [7, 11) is 0. The Labute approximate surface area is 168 Å². The van der Waals surface area contributed by atoms with Gasteiger partial charge in [-0.25, -0.2) is 4.98 Å². The summed E-state index contributed by atoms with van der Waals surface area (Å²) in [6, 6.07) is 18.3. The average molecular weight is 383 g/mol. The Morgan fingerprint density at radius 2 is 1.72 bits per heavy atom. The maximum absolute atomic E-state index is 4.65. The summed E-state index contributed by atoms with van der Waals surface area (Å²) in [5, 5.41) is 15.1. The fourth-order valence-corrected chi connectivity index (χ4v) is 3.51. The zero-order valence-electron chi connectivity index (χ0n) is 15.9. The second-order valence-corrected chi connectivity index (χ2v) is 6.99. The normalized spacial score (nSPS) is 14.1. The molecule has 0 spiro atoms. The van der Waals surface area contributed by atoms with E-state index in [2.05, 4.69) is 60.0 Å². The molecule has 5 rings (SSSR count). The standard InChI is InChI=1S/C22H21N7/c1-2-17(15-24-9-1)16-3-8-20-21(14-16)26-22(28-27-20)25-18-4-6-19(7-5-18)29-12-10-23-11-13-29/h1-9,14-15,23H,10-13H2,(H,25,26,28). The maximum atomic E-state index is 4.65. The molecule has 3 heterocycles. The number of nitrogens with zero attached hydrogens (tertiary/aromatic N) is 5. The monoisotopic (exact) mass is 383 g/mol. The maximum Gasteiger partial charge on any atom is 0.247 e. The SMILES string of the molecule is c1cncc(-c2ccc3nnc(Nc4ccc(N5CCNCC5)cc4)nc3c2)c1. The summed E-state index contributed by atoms with van der Waals surface area (Å²) < 4.78 is 0. The largest absolute Gasteiger partial charge is 0.369 e. The molecule has 2 aromatic heterocycles. The summed E-state index contributed by atoms with van der Waals surface area (Å²) in [4.78, 5) is 11.2. The summed E-state index contributed by atoms with van der Waals surface area (Å²) in [6.07, 6.45) is 3.61. The number of fused-ring (bicyclic) bond motifs is 1. The molecular weight excluding hydrogens is 362 g/mol. The van der Waals surface area contributed by atoms with E-state index in [1.54, 1.807) is 6.20 Å². The molecule has 29 heavy (non-hydrogen) atoms. The number of aromatic nitrogens is 4. The van der Waals surface area contributed by atoms with Crippen molar-refractivity contribution >= 4 is 28.4 Å². The molecule has 1 aliphatic rings. The van der Waals surface area contributed by atoms with Crippen molar-refractivity contribution in [3.8, 4) is 11.1 Å². The van der Waals surface area contributed by atoms with Gasteiger partial charge in [0.1, 0.15) is 5.52 Å². The lowest BCUT2D eigenvalue weighted by atomic mass is 10.1. The van der Waals surface area contributed by atoms with E-state index in [1.165, 1.54) is 5.69 Å². The summed E-state index contributed by atoms with van der Waals surface area (Å²) in [5.74, 6) is 0.482. The zero-order chi connectivity index (χ0) is 19.5. The molecule has 1 saturated heterocycles. The van der Waals surface area contributed by atoms with E-state index in [9.17, 15) is 0 Å². The Hall–Kier alpha value is -3.58. The minimum atomic E-state index is 0.482. The van der Waals surface area contributed by atoms with Crippen molar-refractivity contribution in [2.24, 2.45) is 0 Å². The van der Waals surface area contributed by atoms with Gasteiger partial charge >= 0.3 is 0 Å². The highest BCUT2D eigenvalue weighted by Crippen LogP contribution is 2.23. The lowest BCUT2D eigenvalue weighted by Crippen LogP contribution is -2.43. The molecule has 2 aromatic carbocycles. The average Bonchev–Trinajstić information content (AvgIpc) is 2.80. The molecule has 0 aliphatic carbocycles. The number of pyridine rings is 1. The summed E-state index contributed by atoms with van der Waals surface area (Å²) in [6.45, 7) is 4.11. The number of benzene rings is 2. The molecule has 1 fully saturated rings. The van der Waals surface area contributed by atoms with E-state index in [0.717, 1.165) is 54.0 Å². The quantitative estimate of drug-likeness (QED) is 0.560. The van der Waals surface area contributed by atoms with Crippen LogP contribution in [-0.2, 0) is 0 Å². The van der Waals surface area contributed by atoms with E-state index in [4.69, 9.17) is 0 Å². The van der Waals surface area contributed by atoms with Gasteiger partial charge in [0.25, 0.3) is 0 Å². The summed E-state index contributed by atoms with van der Waals surface area (Å²) in [5.41, 5.74) is 5.83. The minimum absolute atomic E-state index is 0.482. The molecule has 0 unspecified atom stereocenters. The van der Waals surface area contributed by atoms with Crippen molar-refractivity contribution in [2.45, 2.75) is 0 Å². The second kappa shape index (κ2) is 7.81. The smallest absolute Gasteiger partial charge is 0.247 e. The third-order valence-corrected chi connectivity index (χ3v) is 5.05. The zero-order valence-corrected chi connectivity index (χ0v) is 15.9. The van der Waals surface area contributed by atoms with E-state index < -0.39 is 0 Å². The van der Waals surface area contributed by atoms with E-state index >= 15 is 0 Å². The Bertz CT molecular complexity index is 1110. The first kappa shape index (κ1) is 17.5. The van der Waals surface area contributed by atoms with Gasteiger partial charge in [0, 0.05) is 55.5 Å². The molecule has 2 N–H and O–H groups in total. The van der Waals surface area contributed by atoms with Gasteiger partial charge in [0.15, 0.2) is 0 Å². The molecule has 0 amide bonds. The number of piperazine rings is 1. The van der Waals surface area contributed by atoms with Crippen LogP contribution in [0.2, 0.25) is 0 Å². The van der Waals surface area contributed by atoms with Crippen LogP contribution in [0, 0.1) is 0 Å². The Balaban J connectivity index is 1.37. The lowest BCUT2D eigenvalue weighted by molar-refractivity contribution is 0.589. The molecule has 4 aromatic rings. The molecule has 0 saturated carbocycles. The predicted octanol–water partition coefficient (Wildman–Crippen LogP) is 3.24. The van der Waals surface area contributed by atoms with Gasteiger partial charge in [0.2, 0.25) is 5.95 Å². The van der Waals surface area contributed by atoms with Crippen molar-refractivity contribution in [2.75, 3.05) is 36.4 Å². The highest BCUT2D eigenvalue weighted by molar-refractivity contribution is 5.81. The van der Waals surface area contributed by atoms with E-state index in [-0.39, 0.29) is 0 Å². The van der Waals surface area contributed by atoms with E-state index in [1.807, 2.05) is 36.5 Å². The highest BCUT2D eigenvalue weighted by Gasteiger charge is 2.10. The van der Waals surface area contributed by atoms with Gasteiger partial charge in [-0.3, -0.25) is 4.98 Å². The molecule has 7 heteroatoms. The van der Waals surface area contributed by atoms with Crippen LogP contribution in [0.5, 0.6) is 0 Å². The molecule has 0 bridgehead atoms. The van der Waals surface area contributed by atoms with Crippen molar-refractivity contribution in [1.82, 2.24) is 25.5 Å². The van der Waals surface area contributed by atoms with Crippen LogP contribution in [-0.4, -0.2) is 46.3 Å². The first-order valence-electron chi connectivity index (χ1n) is 9.73. The number of hydrogen-bond donors (Lipinski definition) is 2. The minimum Gasteiger partial charge on any atom is -0.369 e. The predicted molar refractivity (Wildman–Crippen MR) is 115 cm³/mol. The van der Waals surface area contributed by atoms with Crippen molar-refractivity contribution in [3.05, 3.63) is 67.0 Å². The number of rotatable bonds is 4. The lowest BCUT2D eigenvalue weighted by Gasteiger charge is -2.29.